The molecule has 0 saturated carbocycles. The highest BCUT2D eigenvalue weighted by molar-refractivity contribution is 5.75. The van der Waals surface area contributed by atoms with Crippen LogP contribution < -0.4 is 0 Å². The van der Waals surface area contributed by atoms with Crippen LogP contribution in [-0.2, 0) is 9.59 Å². The Morgan fingerprint density at radius 2 is 1.12 bits per heavy atom. The van der Waals surface area contributed by atoms with Crippen molar-refractivity contribution in [1.29, 1.82) is 0 Å². The minimum atomic E-state index is -1.08. The monoisotopic (exact) mass is 332 g/mol. The molecule has 2 aromatic heterocycles. The number of carboxylic acid groups (broad SMARTS) is 2. The van der Waals surface area contributed by atoms with E-state index in [1.165, 1.54) is 11.1 Å². The summed E-state index contributed by atoms with van der Waals surface area (Å²) in [4.78, 5) is 27.4. The Hall–Kier alpha value is -2.76. The molecule has 0 atom stereocenters. The number of nitrogens with zero attached hydrogens (tertiary/aromatic N) is 2. The first kappa shape index (κ1) is 21.2. The fraction of sp³-hybridized carbons (Fsp3) is 0.333. The summed E-state index contributed by atoms with van der Waals surface area (Å²) in [5, 5.41) is 15.8. The zero-order valence-corrected chi connectivity index (χ0v) is 14.5. The third-order valence-corrected chi connectivity index (χ3v) is 2.66. The Balaban J connectivity index is 0.000000331. The lowest BCUT2D eigenvalue weighted by Crippen LogP contribution is -2.00. The number of hydrogen-bond acceptors (Lipinski definition) is 4. The number of aryl methyl sites for hydroxylation is 4. The van der Waals surface area contributed by atoms with E-state index >= 15 is 0 Å². The molecule has 130 valence electrons. The van der Waals surface area contributed by atoms with Gasteiger partial charge in [0.1, 0.15) is 0 Å². The molecule has 24 heavy (non-hydrogen) atoms. The fourth-order valence-electron chi connectivity index (χ4n) is 1.59. The van der Waals surface area contributed by atoms with Crippen molar-refractivity contribution >= 4 is 11.9 Å². The highest BCUT2D eigenvalue weighted by Crippen LogP contribution is 1.96. The van der Waals surface area contributed by atoms with Crippen LogP contribution in [0.1, 0.15) is 35.4 Å². The zero-order chi connectivity index (χ0) is 18.5. The highest BCUT2D eigenvalue weighted by Gasteiger charge is 2.00. The molecule has 0 aliphatic carbocycles. The van der Waals surface area contributed by atoms with Crippen LogP contribution in [0.4, 0.5) is 0 Å². The van der Waals surface area contributed by atoms with Gasteiger partial charge in [-0.05, 0) is 63.1 Å². The third kappa shape index (κ3) is 12.9. The first-order valence-electron chi connectivity index (χ1n) is 7.42. The van der Waals surface area contributed by atoms with Gasteiger partial charge in [0.25, 0.3) is 0 Å². The SMILES string of the molecule is Cc1ccnc(C)c1.Cc1ccnc(C)c1.O=C(O)CCC(=O)O. The summed E-state index contributed by atoms with van der Waals surface area (Å²) < 4.78 is 0. The van der Waals surface area contributed by atoms with Gasteiger partial charge in [-0.25, -0.2) is 0 Å². The van der Waals surface area contributed by atoms with Crippen molar-refractivity contribution < 1.29 is 19.8 Å². The van der Waals surface area contributed by atoms with Crippen LogP contribution in [0.2, 0.25) is 0 Å². The van der Waals surface area contributed by atoms with Crippen LogP contribution in [0.25, 0.3) is 0 Å². The molecule has 0 aromatic carbocycles. The number of rotatable bonds is 3. The van der Waals surface area contributed by atoms with Crippen molar-refractivity contribution in [3.63, 3.8) is 0 Å². The largest absolute Gasteiger partial charge is 0.481 e. The second-order valence-electron chi connectivity index (χ2n) is 5.24. The van der Waals surface area contributed by atoms with E-state index in [0.717, 1.165) is 11.4 Å². The van der Waals surface area contributed by atoms with E-state index in [0.29, 0.717) is 0 Å². The summed E-state index contributed by atoms with van der Waals surface area (Å²) >= 11 is 0. The van der Waals surface area contributed by atoms with Crippen LogP contribution in [0.5, 0.6) is 0 Å². The lowest BCUT2D eigenvalue weighted by atomic mass is 10.3. The molecular formula is C18H24N2O4. The van der Waals surface area contributed by atoms with Gasteiger partial charge in [-0.1, -0.05) is 0 Å². The van der Waals surface area contributed by atoms with Crippen molar-refractivity contribution in [2.45, 2.75) is 40.5 Å². The molecule has 2 aromatic rings. The van der Waals surface area contributed by atoms with Crippen LogP contribution >= 0.6 is 0 Å². The van der Waals surface area contributed by atoms with Gasteiger partial charge in [-0.2, -0.15) is 0 Å². The van der Waals surface area contributed by atoms with Crippen molar-refractivity contribution in [1.82, 2.24) is 9.97 Å². The average molecular weight is 332 g/mol. The number of aliphatic carboxylic acids is 2. The van der Waals surface area contributed by atoms with Crippen molar-refractivity contribution in [2.75, 3.05) is 0 Å². The van der Waals surface area contributed by atoms with Crippen molar-refractivity contribution in [2.24, 2.45) is 0 Å². The van der Waals surface area contributed by atoms with E-state index in [1.54, 1.807) is 0 Å². The van der Waals surface area contributed by atoms with Gasteiger partial charge in [0, 0.05) is 23.8 Å². The Morgan fingerprint density at radius 1 is 0.792 bits per heavy atom. The maximum Gasteiger partial charge on any atom is 0.303 e. The molecule has 6 heteroatoms. The smallest absolute Gasteiger partial charge is 0.303 e. The van der Waals surface area contributed by atoms with Crippen molar-refractivity contribution in [3.05, 3.63) is 59.2 Å². The molecule has 0 unspecified atom stereocenters. The van der Waals surface area contributed by atoms with E-state index in [-0.39, 0.29) is 12.8 Å². The predicted molar refractivity (Wildman–Crippen MR) is 91.9 cm³/mol. The summed E-state index contributed by atoms with van der Waals surface area (Å²) in [6.07, 6.45) is 3.06. The second-order valence-corrected chi connectivity index (χ2v) is 5.24. The number of carbonyl (C=O) groups is 2. The Morgan fingerprint density at radius 3 is 1.29 bits per heavy atom. The molecule has 6 nitrogen and oxygen atoms in total. The molecule has 0 aliphatic heterocycles. The number of pyridine rings is 2. The van der Waals surface area contributed by atoms with Gasteiger partial charge < -0.3 is 10.2 Å². The standard InChI is InChI=1S/2C7H9N.C4H6O4/c2*1-6-3-4-8-7(2)5-6;5-3(6)1-2-4(7)8/h2*3-5H,1-2H3;1-2H2,(H,5,6)(H,7,8). The molecular weight excluding hydrogens is 308 g/mol. The summed E-state index contributed by atoms with van der Waals surface area (Å²) in [6.45, 7) is 8.11. The van der Waals surface area contributed by atoms with E-state index in [2.05, 4.69) is 35.9 Å². The second kappa shape index (κ2) is 11.8. The van der Waals surface area contributed by atoms with E-state index in [9.17, 15) is 9.59 Å². The Labute approximate surface area is 142 Å². The van der Waals surface area contributed by atoms with Gasteiger partial charge in [-0.3, -0.25) is 19.6 Å². The van der Waals surface area contributed by atoms with Crippen molar-refractivity contribution in [3.8, 4) is 0 Å². The first-order chi connectivity index (χ1) is 11.2. The zero-order valence-electron chi connectivity index (χ0n) is 14.5. The van der Waals surface area contributed by atoms with Crippen LogP contribution in [0.3, 0.4) is 0 Å². The lowest BCUT2D eigenvalue weighted by molar-refractivity contribution is -0.143. The number of carboxylic acids is 2. The summed E-state index contributed by atoms with van der Waals surface area (Å²) in [5.74, 6) is -2.15. The molecule has 0 aliphatic rings. The Kier molecular flexibility index (Phi) is 10.4. The Bertz CT molecular complexity index is 565. The average Bonchev–Trinajstić information content (AvgIpc) is 2.46. The molecule has 2 heterocycles. The molecule has 2 N–H and O–H groups in total. The fourth-order valence-corrected chi connectivity index (χ4v) is 1.59. The maximum atomic E-state index is 9.64. The topological polar surface area (TPSA) is 100 Å². The predicted octanol–water partition coefficient (Wildman–Crippen LogP) is 3.33. The van der Waals surface area contributed by atoms with Gasteiger partial charge in [0.05, 0.1) is 12.8 Å². The van der Waals surface area contributed by atoms with Crippen LogP contribution in [0, 0.1) is 27.7 Å². The third-order valence-electron chi connectivity index (χ3n) is 2.66. The highest BCUT2D eigenvalue weighted by atomic mass is 16.4. The first-order valence-corrected chi connectivity index (χ1v) is 7.42. The maximum absolute atomic E-state index is 9.64. The molecule has 0 bridgehead atoms. The van der Waals surface area contributed by atoms with E-state index < -0.39 is 11.9 Å². The van der Waals surface area contributed by atoms with Gasteiger partial charge in [0.2, 0.25) is 0 Å². The quantitative estimate of drug-likeness (QED) is 0.894. The molecule has 2 rings (SSSR count). The van der Waals surface area contributed by atoms with Gasteiger partial charge >= 0.3 is 11.9 Å². The summed E-state index contributed by atoms with van der Waals surface area (Å²) in [6, 6.07) is 8.10. The summed E-state index contributed by atoms with van der Waals surface area (Å²) in [7, 11) is 0. The van der Waals surface area contributed by atoms with E-state index in [4.69, 9.17) is 10.2 Å². The molecule has 0 amide bonds. The molecule has 0 radical (unpaired) electrons. The van der Waals surface area contributed by atoms with Crippen LogP contribution in [0.15, 0.2) is 36.7 Å². The normalized spacial score (nSPS) is 9.00. The van der Waals surface area contributed by atoms with E-state index in [1.807, 2.05) is 38.4 Å². The number of aromatic nitrogens is 2. The van der Waals surface area contributed by atoms with Gasteiger partial charge in [0.15, 0.2) is 0 Å². The summed E-state index contributed by atoms with van der Waals surface area (Å²) in [5.41, 5.74) is 4.73. The van der Waals surface area contributed by atoms with Gasteiger partial charge in [-0.15, -0.1) is 0 Å². The molecule has 0 spiro atoms. The minimum absolute atomic E-state index is 0.296. The minimum Gasteiger partial charge on any atom is -0.481 e. The lowest BCUT2D eigenvalue weighted by Gasteiger charge is -1.90. The molecule has 0 saturated heterocycles. The molecule has 0 fully saturated rings. The number of hydrogen-bond donors (Lipinski definition) is 2. The van der Waals surface area contributed by atoms with Crippen LogP contribution in [-0.4, -0.2) is 32.1 Å².